The van der Waals surface area contributed by atoms with Gasteiger partial charge in [0.25, 0.3) is 5.91 Å². The van der Waals surface area contributed by atoms with Crippen LogP contribution in [0.5, 0.6) is 5.75 Å². The van der Waals surface area contributed by atoms with Gasteiger partial charge >= 0.3 is 0 Å². The van der Waals surface area contributed by atoms with Gasteiger partial charge in [0.2, 0.25) is 0 Å². The third-order valence-electron chi connectivity index (χ3n) is 5.52. The van der Waals surface area contributed by atoms with Crippen molar-refractivity contribution < 1.29 is 24.0 Å². The first kappa shape index (κ1) is 22.8. The molecule has 1 aromatic heterocycles. The number of hydrogen-bond donors (Lipinski definition) is 1. The highest BCUT2D eigenvalue weighted by molar-refractivity contribution is 6.17. The maximum atomic E-state index is 13.4. The Morgan fingerprint density at radius 3 is 2.50 bits per heavy atom. The molecule has 172 valence electrons. The zero-order valence-electron chi connectivity index (χ0n) is 19.0. The fourth-order valence-electron chi connectivity index (χ4n) is 3.90. The number of Topliss-reactive ketones (excluding diaryl/α,β-unsaturated/α-hetero) is 1. The molecule has 0 spiro atoms. The molecular formula is C26H23N3O5. The normalized spacial score (nSPS) is 16.0. The lowest BCUT2D eigenvalue weighted by atomic mass is 9.82. The number of ketones is 1. The molecule has 34 heavy (non-hydrogen) atoms. The number of nitriles is 1. The van der Waals surface area contributed by atoms with Gasteiger partial charge in [-0.3, -0.25) is 14.5 Å². The summed E-state index contributed by atoms with van der Waals surface area (Å²) in [7, 11) is 0. The molecule has 4 rings (SSSR count). The van der Waals surface area contributed by atoms with Gasteiger partial charge in [-0.15, -0.1) is 0 Å². The summed E-state index contributed by atoms with van der Waals surface area (Å²) in [5, 5.41) is 23.8. The summed E-state index contributed by atoms with van der Waals surface area (Å²) in [6.07, 6.45) is 1.47. The van der Waals surface area contributed by atoms with Crippen LogP contribution >= 0.6 is 0 Å². The smallest absolute Gasteiger partial charge is 0.294 e. The molecule has 8 heteroatoms. The van der Waals surface area contributed by atoms with E-state index < -0.39 is 23.1 Å². The average molecular weight is 457 g/mol. The highest BCUT2D eigenvalue weighted by atomic mass is 16.5. The van der Waals surface area contributed by atoms with Crippen molar-refractivity contribution in [3.8, 4) is 23.1 Å². The number of aliphatic hydroxyl groups excluding tert-OH is 1. The van der Waals surface area contributed by atoms with Gasteiger partial charge < -0.3 is 14.4 Å². The molecule has 1 atom stereocenters. The van der Waals surface area contributed by atoms with E-state index in [0.29, 0.717) is 22.7 Å². The quantitative estimate of drug-likeness (QED) is 0.567. The van der Waals surface area contributed by atoms with E-state index in [9.17, 15) is 14.7 Å². The van der Waals surface area contributed by atoms with Crippen molar-refractivity contribution in [1.82, 2.24) is 5.16 Å². The molecule has 1 aliphatic heterocycles. The van der Waals surface area contributed by atoms with Gasteiger partial charge in [-0.05, 0) is 18.2 Å². The molecule has 2 aromatic carbocycles. The summed E-state index contributed by atoms with van der Waals surface area (Å²) < 4.78 is 10.5. The Bertz CT molecular complexity index is 1300. The lowest BCUT2D eigenvalue weighted by Gasteiger charge is -2.30. The van der Waals surface area contributed by atoms with E-state index in [0.717, 1.165) is 5.56 Å². The van der Waals surface area contributed by atoms with Crippen LogP contribution in [0.2, 0.25) is 0 Å². The average Bonchev–Trinajstić information content (AvgIpc) is 3.44. The zero-order valence-corrected chi connectivity index (χ0v) is 19.0. The summed E-state index contributed by atoms with van der Waals surface area (Å²) in [5.41, 5.74) is 1.52. The minimum absolute atomic E-state index is 0.00825. The van der Waals surface area contributed by atoms with Gasteiger partial charge in [0.05, 0.1) is 11.6 Å². The lowest BCUT2D eigenvalue weighted by molar-refractivity contribution is -0.123. The number of carbonyl (C=O) groups excluding carboxylic acids is 2. The van der Waals surface area contributed by atoms with Gasteiger partial charge in [0, 0.05) is 28.3 Å². The monoisotopic (exact) mass is 457 g/mol. The van der Waals surface area contributed by atoms with Crippen LogP contribution in [0.4, 0.5) is 5.69 Å². The van der Waals surface area contributed by atoms with Gasteiger partial charge in [-0.1, -0.05) is 56.3 Å². The number of ether oxygens (including phenoxy) is 1. The van der Waals surface area contributed by atoms with Crippen molar-refractivity contribution in [2.75, 3.05) is 11.5 Å². The second kappa shape index (κ2) is 8.87. The third-order valence-corrected chi connectivity index (χ3v) is 5.52. The molecule has 1 aliphatic rings. The molecule has 0 saturated heterocycles. The van der Waals surface area contributed by atoms with Crippen LogP contribution in [0.3, 0.4) is 0 Å². The fourth-order valence-corrected chi connectivity index (χ4v) is 3.90. The van der Waals surface area contributed by atoms with Crippen LogP contribution in [0.25, 0.3) is 11.3 Å². The zero-order chi connectivity index (χ0) is 24.5. The number of aromatic nitrogens is 1. The minimum atomic E-state index is -0.938. The molecule has 2 heterocycles. The van der Waals surface area contributed by atoms with Crippen molar-refractivity contribution in [1.29, 1.82) is 5.26 Å². The minimum Gasteiger partial charge on any atom is -0.503 e. The Kier molecular flexibility index (Phi) is 5.95. The van der Waals surface area contributed by atoms with Crippen LogP contribution in [0, 0.1) is 16.7 Å². The van der Waals surface area contributed by atoms with Crippen molar-refractivity contribution in [3.63, 3.8) is 0 Å². The molecular weight excluding hydrogens is 434 g/mol. The van der Waals surface area contributed by atoms with E-state index in [4.69, 9.17) is 14.5 Å². The highest BCUT2D eigenvalue weighted by Gasteiger charge is 2.47. The third kappa shape index (κ3) is 4.04. The number of benzene rings is 2. The van der Waals surface area contributed by atoms with E-state index in [-0.39, 0.29) is 18.0 Å². The Morgan fingerprint density at radius 1 is 1.18 bits per heavy atom. The number of hydrogen-bond acceptors (Lipinski definition) is 7. The molecule has 0 fully saturated rings. The summed E-state index contributed by atoms with van der Waals surface area (Å²) in [6.45, 7) is 4.97. The van der Waals surface area contributed by atoms with Crippen LogP contribution in [-0.2, 0) is 9.59 Å². The second-order valence-electron chi connectivity index (χ2n) is 8.84. The largest absolute Gasteiger partial charge is 0.503 e. The summed E-state index contributed by atoms with van der Waals surface area (Å²) in [6, 6.07) is 16.5. The lowest BCUT2D eigenvalue weighted by Crippen LogP contribution is -2.33. The van der Waals surface area contributed by atoms with Crippen LogP contribution in [0.1, 0.15) is 32.4 Å². The molecule has 0 saturated carbocycles. The molecule has 1 N–H and O–H groups in total. The number of anilines is 1. The number of amides is 1. The Hall–Kier alpha value is -4.38. The summed E-state index contributed by atoms with van der Waals surface area (Å²) in [4.78, 5) is 28.1. The Morgan fingerprint density at radius 2 is 1.88 bits per heavy atom. The van der Waals surface area contributed by atoms with E-state index in [2.05, 4.69) is 5.16 Å². The van der Waals surface area contributed by atoms with Gasteiger partial charge in [-0.2, -0.15) is 5.26 Å². The van der Waals surface area contributed by atoms with Crippen LogP contribution in [-0.4, -0.2) is 28.6 Å². The SMILES string of the molecule is CC(C)(C)C(=O)C1=C(O)C(=O)N(c2ccc(-c3ccon3)cc2)C1c1ccccc1OCC#N. The van der Waals surface area contributed by atoms with Gasteiger partial charge in [0.1, 0.15) is 23.8 Å². The van der Waals surface area contributed by atoms with E-state index >= 15 is 0 Å². The van der Waals surface area contributed by atoms with E-state index in [1.807, 2.05) is 6.07 Å². The van der Waals surface area contributed by atoms with Crippen molar-refractivity contribution in [3.05, 3.63) is 77.8 Å². The van der Waals surface area contributed by atoms with Gasteiger partial charge in [0.15, 0.2) is 18.1 Å². The Labute approximate surface area is 196 Å². The fraction of sp³-hybridized carbons (Fsp3) is 0.231. The molecule has 8 nitrogen and oxygen atoms in total. The summed E-state index contributed by atoms with van der Waals surface area (Å²) >= 11 is 0. The number of aliphatic hydroxyl groups is 1. The predicted octanol–water partition coefficient (Wildman–Crippen LogP) is 4.76. The molecule has 3 aromatic rings. The van der Waals surface area contributed by atoms with Crippen molar-refractivity contribution in [2.45, 2.75) is 26.8 Å². The van der Waals surface area contributed by atoms with E-state index in [1.54, 1.807) is 75.4 Å². The molecule has 0 bridgehead atoms. The maximum Gasteiger partial charge on any atom is 0.294 e. The number of nitrogens with zero attached hydrogens (tertiary/aromatic N) is 3. The van der Waals surface area contributed by atoms with Crippen molar-refractivity contribution in [2.24, 2.45) is 5.41 Å². The molecule has 1 unspecified atom stereocenters. The van der Waals surface area contributed by atoms with Crippen LogP contribution < -0.4 is 9.64 Å². The topological polar surface area (TPSA) is 117 Å². The molecule has 0 aliphatic carbocycles. The maximum absolute atomic E-state index is 13.4. The van der Waals surface area contributed by atoms with Crippen LogP contribution in [0.15, 0.2) is 76.7 Å². The number of carbonyl (C=O) groups is 2. The number of para-hydroxylation sites is 1. The van der Waals surface area contributed by atoms with E-state index in [1.165, 1.54) is 11.2 Å². The van der Waals surface area contributed by atoms with Crippen molar-refractivity contribution >= 4 is 17.4 Å². The first-order valence-corrected chi connectivity index (χ1v) is 10.6. The second-order valence-corrected chi connectivity index (χ2v) is 8.84. The first-order chi connectivity index (χ1) is 16.2. The van der Waals surface area contributed by atoms with Gasteiger partial charge in [-0.25, -0.2) is 0 Å². The Balaban J connectivity index is 1.85. The summed E-state index contributed by atoms with van der Waals surface area (Å²) in [5.74, 6) is -1.30. The molecule has 1 amide bonds. The number of rotatable bonds is 6. The highest BCUT2D eigenvalue weighted by Crippen LogP contribution is 2.46. The first-order valence-electron chi connectivity index (χ1n) is 10.6. The standard InChI is InChI=1S/C26H23N3O5/c1-26(2,3)24(31)21-22(18-6-4-5-7-20(18)33-15-13-27)29(25(32)23(21)30)17-10-8-16(9-11-17)19-12-14-34-28-19/h4-12,14,22,30H,15H2,1-3H3. The molecule has 0 radical (unpaired) electrons. The predicted molar refractivity (Wildman–Crippen MR) is 124 cm³/mol.